The van der Waals surface area contributed by atoms with Gasteiger partial charge in [-0.1, -0.05) is 30.3 Å². The summed E-state index contributed by atoms with van der Waals surface area (Å²) < 4.78 is 0. The minimum Gasteiger partial charge on any atom is -0.386 e. The number of nitrogens with zero attached hydrogens (tertiary/aromatic N) is 1. The molecule has 2 atom stereocenters. The van der Waals surface area contributed by atoms with E-state index >= 15 is 0 Å². The molecule has 18 heavy (non-hydrogen) atoms. The topological polar surface area (TPSA) is 33.1 Å². The zero-order chi connectivity index (χ0) is 12.5. The van der Waals surface area contributed by atoms with Gasteiger partial charge in [-0.3, -0.25) is 0 Å². The lowest BCUT2D eigenvalue weighted by molar-refractivity contribution is 0.198. The van der Waals surface area contributed by atoms with Crippen molar-refractivity contribution in [3.05, 3.63) is 51.5 Å². The van der Waals surface area contributed by atoms with Crippen LogP contribution in [0.2, 0.25) is 0 Å². The van der Waals surface area contributed by atoms with Crippen LogP contribution >= 0.6 is 11.3 Å². The Hall–Kier alpha value is -1.19. The van der Waals surface area contributed by atoms with Gasteiger partial charge in [-0.05, 0) is 37.7 Å². The Morgan fingerprint density at radius 2 is 2.11 bits per heavy atom. The van der Waals surface area contributed by atoms with Gasteiger partial charge in [-0.25, -0.2) is 4.98 Å². The maximum absolute atomic E-state index is 9.60. The monoisotopic (exact) mass is 259 g/mol. The highest BCUT2D eigenvalue weighted by molar-refractivity contribution is 7.11. The molecule has 1 aliphatic carbocycles. The highest BCUT2D eigenvalue weighted by atomic mass is 32.1. The van der Waals surface area contributed by atoms with E-state index in [1.165, 1.54) is 22.6 Å². The minimum atomic E-state index is -0.434. The summed E-state index contributed by atoms with van der Waals surface area (Å²) in [6, 6.07) is 10.7. The van der Waals surface area contributed by atoms with Crippen LogP contribution in [0.1, 0.15) is 46.5 Å². The van der Waals surface area contributed by atoms with Crippen LogP contribution < -0.4 is 0 Å². The van der Waals surface area contributed by atoms with E-state index < -0.39 is 6.10 Å². The maximum Gasteiger partial charge on any atom is 0.121 e. The molecule has 1 N–H and O–H groups in total. The third-order valence-electron chi connectivity index (χ3n) is 3.58. The number of thiazole rings is 1. The smallest absolute Gasteiger partial charge is 0.121 e. The molecule has 2 nitrogen and oxygen atoms in total. The fraction of sp³-hybridized carbons (Fsp3) is 0.400. The second-order valence-corrected chi connectivity index (χ2v) is 6.06. The van der Waals surface area contributed by atoms with E-state index in [1.54, 1.807) is 18.3 Å². The van der Waals surface area contributed by atoms with E-state index in [1.807, 2.05) is 0 Å². The normalized spacial score (nSPS) is 20.4. The zero-order valence-electron chi connectivity index (χ0n) is 10.5. The Balaban J connectivity index is 1.85. The summed E-state index contributed by atoms with van der Waals surface area (Å²) in [6.45, 7) is 1.79. The molecule has 2 unspecified atom stereocenters. The first-order chi connectivity index (χ1) is 8.74. The summed E-state index contributed by atoms with van der Waals surface area (Å²) in [5.41, 5.74) is 2.64. The molecule has 0 spiro atoms. The van der Waals surface area contributed by atoms with Gasteiger partial charge in [0.1, 0.15) is 11.1 Å². The number of aromatic nitrogens is 1. The number of aliphatic hydroxyl groups is 1. The van der Waals surface area contributed by atoms with Gasteiger partial charge in [0.05, 0.1) is 5.69 Å². The second-order valence-electron chi connectivity index (χ2n) is 4.95. The number of rotatable bonds is 2. The standard InChI is InChI=1S/C15H17NOS/c1-10(17)15-16-13-8-7-12(9-14(13)18-15)11-5-3-2-4-6-11/h2-6,10,12,17H,7-9H2,1H3. The van der Waals surface area contributed by atoms with Crippen LogP contribution in [-0.4, -0.2) is 10.1 Å². The summed E-state index contributed by atoms with van der Waals surface area (Å²) in [4.78, 5) is 5.91. The Labute approximate surface area is 111 Å². The molecule has 1 aliphatic rings. The quantitative estimate of drug-likeness (QED) is 0.896. The molecule has 94 valence electrons. The van der Waals surface area contributed by atoms with Crippen LogP contribution in [0.3, 0.4) is 0 Å². The largest absolute Gasteiger partial charge is 0.386 e. The molecular weight excluding hydrogens is 242 g/mol. The molecular formula is C15H17NOS. The summed E-state index contributed by atoms with van der Waals surface area (Å²) in [6.07, 6.45) is 2.85. The van der Waals surface area contributed by atoms with E-state index in [0.717, 1.165) is 17.8 Å². The molecule has 0 radical (unpaired) electrons. The van der Waals surface area contributed by atoms with Gasteiger partial charge in [0, 0.05) is 4.88 Å². The van der Waals surface area contributed by atoms with Crippen LogP contribution in [-0.2, 0) is 12.8 Å². The lowest BCUT2D eigenvalue weighted by Gasteiger charge is -2.21. The fourth-order valence-corrected chi connectivity index (χ4v) is 3.71. The number of hydrogen-bond acceptors (Lipinski definition) is 3. The van der Waals surface area contributed by atoms with Crippen molar-refractivity contribution in [3.63, 3.8) is 0 Å². The van der Waals surface area contributed by atoms with Gasteiger partial charge in [-0.2, -0.15) is 0 Å². The molecule has 0 saturated heterocycles. The minimum absolute atomic E-state index is 0.434. The van der Waals surface area contributed by atoms with E-state index in [-0.39, 0.29) is 0 Å². The van der Waals surface area contributed by atoms with Crippen molar-refractivity contribution in [3.8, 4) is 0 Å². The average molecular weight is 259 g/mol. The van der Waals surface area contributed by atoms with Crippen LogP contribution in [0.5, 0.6) is 0 Å². The lowest BCUT2D eigenvalue weighted by atomic mass is 9.85. The Kier molecular flexibility index (Phi) is 3.18. The third-order valence-corrected chi connectivity index (χ3v) is 4.87. The molecule has 0 aliphatic heterocycles. The van der Waals surface area contributed by atoms with Crippen LogP contribution in [0.25, 0.3) is 0 Å². The first-order valence-corrected chi connectivity index (χ1v) is 7.27. The molecule has 1 heterocycles. The van der Waals surface area contributed by atoms with Gasteiger partial charge in [0.2, 0.25) is 0 Å². The van der Waals surface area contributed by atoms with Gasteiger partial charge in [0.25, 0.3) is 0 Å². The summed E-state index contributed by atoms with van der Waals surface area (Å²) in [5, 5.41) is 10.5. The number of aliphatic hydroxyl groups excluding tert-OH is 1. The number of aryl methyl sites for hydroxylation is 1. The van der Waals surface area contributed by atoms with Crippen molar-refractivity contribution in [1.29, 1.82) is 0 Å². The van der Waals surface area contributed by atoms with Crippen LogP contribution in [0, 0.1) is 0 Å². The zero-order valence-corrected chi connectivity index (χ0v) is 11.3. The Morgan fingerprint density at radius 3 is 2.83 bits per heavy atom. The Morgan fingerprint density at radius 1 is 1.33 bits per heavy atom. The Bertz CT molecular complexity index is 533. The summed E-state index contributed by atoms with van der Waals surface area (Å²) >= 11 is 1.68. The van der Waals surface area contributed by atoms with Crippen molar-refractivity contribution in [2.24, 2.45) is 0 Å². The van der Waals surface area contributed by atoms with Crippen molar-refractivity contribution in [1.82, 2.24) is 4.98 Å². The van der Waals surface area contributed by atoms with Gasteiger partial charge >= 0.3 is 0 Å². The first kappa shape index (κ1) is 11.9. The first-order valence-electron chi connectivity index (χ1n) is 6.45. The molecule has 0 bridgehead atoms. The summed E-state index contributed by atoms with van der Waals surface area (Å²) in [7, 11) is 0. The highest BCUT2D eigenvalue weighted by Gasteiger charge is 2.24. The summed E-state index contributed by atoms with van der Waals surface area (Å²) in [5.74, 6) is 0.612. The van der Waals surface area contributed by atoms with Crippen molar-refractivity contribution < 1.29 is 5.11 Å². The predicted octanol–water partition coefficient (Wildman–Crippen LogP) is 3.47. The molecule has 3 heteroatoms. The fourth-order valence-electron chi connectivity index (χ4n) is 2.58. The van der Waals surface area contributed by atoms with Gasteiger partial charge in [-0.15, -0.1) is 11.3 Å². The van der Waals surface area contributed by atoms with Crippen LogP contribution in [0.4, 0.5) is 0 Å². The molecule has 0 fully saturated rings. The molecule has 2 aromatic rings. The average Bonchev–Trinajstić information content (AvgIpc) is 2.82. The second kappa shape index (κ2) is 4.82. The van der Waals surface area contributed by atoms with E-state index in [2.05, 4.69) is 35.3 Å². The number of fused-ring (bicyclic) bond motifs is 1. The van der Waals surface area contributed by atoms with Gasteiger partial charge < -0.3 is 5.11 Å². The SMILES string of the molecule is CC(O)c1nc2c(s1)CC(c1ccccc1)CC2. The van der Waals surface area contributed by atoms with Crippen LogP contribution in [0.15, 0.2) is 30.3 Å². The molecule has 3 rings (SSSR count). The molecule has 0 saturated carbocycles. The van der Waals surface area contributed by atoms with E-state index in [9.17, 15) is 5.11 Å². The third kappa shape index (κ3) is 2.20. The molecule has 0 amide bonds. The van der Waals surface area contributed by atoms with E-state index in [0.29, 0.717) is 5.92 Å². The van der Waals surface area contributed by atoms with Crippen molar-refractivity contribution in [2.45, 2.75) is 38.2 Å². The predicted molar refractivity (Wildman–Crippen MR) is 74.0 cm³/mol. The lowest BCUT2D eigenvalue weighted by Crippen LogP contribution is -2.11. The maximum atomic E-state index is 9.60. The van der Waals surface area contributed by atoms with E-state index in [4.69, 9.17) is 0 Å². The van der Waals surface area contributed by atoms with Crippen molar-refractivity contribution >= 4 is 11.3 Å². The highest BCUT2D eigenvalue weighted by Crippen LogP contribution is 2.36. The number of benzene rings is 1. The molecule has 1 aromatic carbocycles. The van der Waals surface area contributed by atoms with Gasteiger partial charge in [0.15, 0.2) is 0 Å². The molecule has 1 aromatic heterocycles. The number of hydrogen-bond donors (Lipinski definition) is 1. The van der Waals surface area contributed by atoms with Crippen molar-refractivity contribution in [2.75, 3.05) is 0 Å².